The molecule has 7 heteroatoms. The number of aromatic nitrogens is 3. The number of nitrogens with zero attached hydrogens (tertiary/aromatic N) is 3. The molecule has 124 valence electrons. The van der Waals surface area contributed by atoms with Crippen LogP contribution >= 0.6 is 0 Å². The lowest BCUT2D eigenvalue weighted by Crippen LogP contribution is -2.25. The van der Waals surface area contributed by atoms with Gasteiger partial charge in [0.05, 0.1) is 6.10 Å². The van der Waals surface area contributed by atoms with Crippen molar-refractivity contribution in [1.29, 1.82) is 0 Å². The third-order valence-electron chi connectivity index (χ3n) is 3.05. The van der Waals surface area contributed by atoms with E-state index >= 15 is 0 Å². The standard InChI is InChI=1S/C16H22N4O3/c1-12(2)22-10-4-9-18-14(21)6-7-15-19-16(20-23-15)13-5-3-8-17-11-13/h3,5,8,11-12H,4,6-7,9-10H2,1-2H3,(H,18,21). The Kier molecular flexibility index (Phi) is 6.68. The van der Waals surface area contributed by atoms with E-state index < -0.39 is 0 Å². The van der Waals surface area contributed by atoms with Crippen LogP contribution < -0.4 is 5.32 Å². The molecule has 0 aliphatic heterocycles. The van der Waals surface area contributed by atoms with Crippen LogP contribution in [0.5, 0.6) is 0 Å². The molecule has 2 aromatic rings. The van der Waals surface area contributed by atoms with Crippen molar-refractivity contribution in [2.75, 3.05) is 13.2 Å². The van der Waals surface area contributed by atoms with Crippen molar-refractivity contribution in [3.63, 3.8) is 0 Å². The zero-order valence-corrected chi connectivity index (χ0v) is 13.5. The summed E-state index contributed by atoms with van der Waals surface area (Å²) in [6.45, 7) is 5.23. The van der Waals surface area contributed by atoms with Crippen LogP contribution in [-0.2, 0) is 16.0 Å². The van der Waals surface area contributed by atoms with Crippen molar-refractivity contribution in [2.24, 2.45) is 0 Å². The second-order valence-corrected chi connectivity index (χ2v) is 5.38. The molecule has 0 aromatic carbocycles. The minimum absolute atomic E-state index is 0.0318. The van der Waals surface area contributed by atoms with Crippen molar-refractivity contribution < 1.29 is 14.1 Å². The number of rotatable bonds is 9. The Morgan fingerprint density at radius 1 is 1.43 bits per heavy atom. The predicted molar refractivity (Wildman–Crippen MR) is 84.6 cm³/mol. The lowest BCUT2D eigenvalue weighted by atomic mass is 10.2. The Morgan fingerprint density at radius 3 is 3.04 bits per heavy atom. The van der Waals surface area contributed by atoms with Crippen LogP contribution in [0.15, 0.2) is 29.0 Å². The van der Waals surface area contributed by atoms with Crippen LogP contribution in [0, 0.1) is 0 Å². The number of hydrogen-bond donors (Lipinski definition) is 1. The molecule has 2 aromatic heterocycles. The van der Waals surface area contributed by atoms with Gasteiger partial charge in [-0.05, 0) is 32.4 Å². The van der Waals surface area contributed by atoms with Gasteiger partial charge in [-0.3, -0.25) is 9.78 Å². The second-order valence-electron chi connectivity index (χ2n) is 5.38. The highest BCUT2D eigenvalue weighted by Crippen LogP contribution is 2.14. The molecule has 23 heavy (non-hydrogen) atoms. The smallest absolute Gasteiger partial charge is 0.227 e. The van der Waals surface area contributed by atoms with Gasteiger partial charge in [0.15, 0.2) is 0 Å². The molecular weight excluding hydrogens is 296 g/mol. The summed E-state index contributed by atoms with van der Waals surface area (Å²) in [6, 6.07) is 3.66. The molecule has 1 N–H and O–H groups in total. The number of carbonyl (C=O) groups excluding carboxylic acids is 1. The molecule has 0 aliphatic rings. The number of ether oxygens (including phenoxy) is 1. The topological polar surface area (TPSA) is 90.1 Å². The van der Waals surface area contributed by atoms with Crippen molar-refractivity contribution in [2.45, 2.75) is 39.2 Å². The molecule has 0 saturated heterocycles. The summed E-state index contributed by atoms with van der Waals surface area (Å²) in [6.07, 6.45) is 5.11. The number of nitrogens with one attached hydrogen (secondary N) is 1. The molecule has 0 aliphatic carbocycles. The molecule has 0 unspecified atom stereocenters. The first-order valence-electron chi connectivity index (χ1n) is 7.76. The molecule has 0 atom stereocenters. The summed E-state index contributed by atoms with van der Waals surface area (Å²) >= 11 is 0. The van der Waals surface area contributed by atoms with E-state index in [9.17, 15) is 4.79 Å². The zero-order valence-electron chi connectivity index (χ0n) is 13.5. The maximum atomic E-state index is 11.7. The largest absolute Gasteiger partial charge is 0.379 e. The van der Waals surface area contributed by atoms with E-state index in [2.05, 4.69) is 20.4 Å². The summed E-state index contributed by atoms with van der Waals surface area (Å²) in [5.74, 6) is 0.900. The zero-order chi connectivity index (χ0) is 16.5. The fraction of sp³-hybridized carbons (Fsp3) is 0.500. The summed E-state index contributed by atoms with van der Waals surface area (Å²) in [5.41, 5.74) is 0.789. The fourth-order valence-corrected chi connectivity index (χ4v) is 1.90. The van der Waals surface area contributed by atoms with Crippen LogP contribution in [-0.4, -0.2) is 40.3 Å². The molecule has 0 saturated carbocycles. The minimum Gasteiger partial charge on any atom is -0.379 e. The van der Waals surface area contributed by atoms with Gasteiger partial charge in [-0.1, -0.05) is 5.16 Å². The van der Waals surface area contributed by atoms with E-state index in [0.29, 0.717) is 37.7 Å². The molecule has 2 rings (SSSR count). The lowest BCUT2D eigenvalue weighted by Gasteiger charge is -2.07. The summed E-state index contributed by atoms with van der Waals surface area (Å²) in [7, 11) is 0. The van der Waals surface area contributed by atoms with Gasteiger partial charge in [-0.15, -0.1) is 0 Å². The van der Waals surface area contributed by atoms with E-state index in [1.807, 2.05) is 26.0 Å². The first-order chi connectivity index (χ1) is 11.1. The molecule has 0 spiro atoms. The Labute approximate surface area is 135 Å². The summed E-state index contributed by atoms with van der Waals surface area (Å²) < 4.78 is 10.6. The number of carbonyl (C=O) groups is 1. The molecule has 0 bridgehead atoms. The van der Waals surface area contributed by atoms with Gasteiger partial charge >= 0.3 is 0 Å². The molecule has 0 radical (unpaired) electrons. The first kappa shape index (κ1) is 17.1. The highest BCUT2D eigenvalue weighted by molar-refractivity contribution is 5.75. The fourth-order valence-electron chi connectivity index (χ4n) is 1.90. The maximum Gasteiger partial charge on any atom is 0.227 e. The number of amides is 1. The molecule has 7 nitrogen and oxygen atoms in total. The third-order valence-corrected chi connectivity index (χ3v) is 3.05. The SMILES string of the molecule is CC(C)OCCCNC(=O)CCc1nc(-c2cccnc2)no1. The molecule has 1 amide bonds. The van der Waals surface area contributed by atoms with Gasteiger partial charge in [0.2, 0.25) is 17.6 Å². The maximum absolute atomic E-state index is 11.7. The molecule has 0 fully saturated rings. The number of aryl methyl sites for hydroxylation is 1. The minimum atomic E-state index is -0.0318. The second kappa shape index (κ2) is 8.99. The monoisotopic (exact) mass is 318 g/mol. The number of hydrogen-bond acceptors (Lipinski definition) is 6. The summed E-state index contributed by atoms with van der Waals surface area (Å²) in [5, 5.41) is 6.74. The lowest BCUT2D eigenvalue weighted by molar-refractivity contribution is -0.121. The van der Waals surface area contributed by atoms with Crippen molar-refractivity contribution in [1.82, 2.24) is 20.4 Å². The van der Waals surface area contributed by atoms with E-state index in [4.69, 9.17) is 9.26 Å². The molecular formula is C16H22N4O3. The van der Waals surface area contributed by atoms with Gasteiger partial charge in [0.1, 0.15) is 0 Å². The Balaban J connectivity index is 1.68. The van der Waals surface area contributed by atoms with Crippen LogP contribution in [0.1, 0.15) is 32.6 Å². The van der Waals surface area contributed by atoms with E-state index in [1.54, 1.807) is 12.4 Å². The Bertz CT molecular complexity index is 598. The summed E-state index contributed by atoms with van der Waals surface area (Å²) in [4.78, 5) is 20.0. The van der Waals surface area contributed by atoms with Crippen LogP contribution in [0.4, 0.5) is 0 Å². The molecule has 2 heterocycles. The van der Waals surface area contributed by atoms with Gasteiger partial charge in [0, 0.05) is 44.0 Å². The van der Waals surface area contributed by atoms with E-state index in [1.165, 1.54) is 0 Å². The van der Waals surface area contributed by atoms with Crippen LogP contribution in [0.2, 0.25) is 0 Å². The average molecular weight is 318 g/mol. The van der Waals surface area contributed by atoms with Crippen LogP contribution in [0.3, 0.4) is 0 Å². The highest BCUT2D eigenvalue weighted by Gasteiger charge is 2.10. The average Bonchev–Trinajstić information content (AvgIpc) is 3.02. The van der Waals surface area contributed by atoms with E-state index in [0.717, 1.165) is 12.0 Å². The van der Waals surface area contributed by atoms with Crippen molar-refractivity contribution >= 4 is 5.91 Å². The highest BCUT2D eigenvalue weighted by atomic mass is 16.5. The number of pyridine rings is 1. The quantitative estimate of drug-likeness (QED) is 0.711. The van der Waals surface area contributed by atoms with Crippen molar-refractivity contribution in [3.05, 3.63) is 30.4 Å². The third kappa shape index (κ3) is 6.15. The van der Waals surface area contributed by atoms with Gasteiger partial charge in [-0.2, -0.15) is 4.98 Å². The Morgan fingerprint density at radius 2 is 2.30 bits per heavy atom. The van der Waals surface area contributed by atoms with Gasteiger partial charge in [0.25, 0.3) is 0 Å². The van der Waals surface area contributed by atoms with Gasteiger partial charge in [-0.25, -0.2) is 0 Å². The predicted octanol–water partition coefficient (Wildman–Crippen LogP) is 2.00. The van der Waals surface area contributed by atoms with Crippen LogP contribution in [0.25, 0.3) is 11.4 Å². The first-order valence-corrected chi connectivity index (χ1v) is 7.76. The van der Waals surface area contributed by atoms with Crippen molar-refractivity contribution in [3.8, 4) is 11.4 Å². The normalized spacial score (nSPS) is 10.9. The Hall–Kier alpha value is -2.28. The van der Waals surface area contributed by atoms with Gasteiger partial charge < -0.3 is 14.6 Å². The van der Waals surface area contributed by atoms with E-state index in [-0.39, 0.29) is 12.0 Å².